The van der Waals surface area contributed by atoms with Gasteiger partial charge in [0.05, 0.1) is 10.6 Å². The molecule has 0 aliphatic carbocycles. The lowest BCUT2D eigenvalue weighted by Crippen LogP contribution is -2.38. The number of ether oxygens (including phenoxy) is 2. The minimum Gasteiger partial charge on any atom is -0.486 e. The maximum absolute atomic E-state index is 13.6. The molecule has 8 heteroatoms. The fraction of sp³-hybridized carbons (Fsp3) is 0.208. The first-order chi connectivity index (χ1) is 15.3. The number of para-hydroxylation sites is 1. The van der Waals surface area contributed by atoms with Crippen LogP contribution in [-0.2, 0) is 14.8 Å². The summed E-state index contributed by atoms with van der Waals surface area (Å²) in [7, 11) is -4.06. The average molecular weight is 453 g/mol. The molecule has 1 N–H and O–H groups in total. The van der Waals surface area contributed by atoms with E-state index in [1.165, 1.54) is 12.1 Å². The molecule has 1 amide bonds. The van der Waals surface area contributed by atoms with Crippen LogP contribution in [0, 0.1) is 13.8 Å². The van der Waals surface area contributed by atoms with Gasteiger partial charge < -0.3 is 14.8 Å². The van der Waals surface area contributed by atoms with E-state index < -0.39 is 15.9 Å². The number of nitrogens with zero attached hydrogens (tertiary/aromatic N) is 1. The van der Waals surface area contributed by atoms with Crippen LogP contribution in [0.15, 0.2) is 71.6 Å². The fourth-order valence-electron chi connectivity index (χ4n) is 3.37. The van der Waals surface area contributed by atoms with Gasteiger partial charge in [-0.1, -0.05) is 35.9 Å². The van der Waals surface area contributed by atoms with E-state index in [2.05, 4.69) is 5.32 Å². The van der Waals surface area contributed by atoms with Crippen molar-refractivity contribution in [2.75, 3.05) is 29.4 Å². The molecule has 0 aromatic heterocycles. The van der Waals surface area contributed by atoms with Crippen molar-refractivity contribution in [3.63, 3.8) is 0 Å². The van der Waals surface area contributed by atoms with E-state index in [1.54, 1.807) is 36.4 Å². The van der Waals surface area contributed by atoms with Crippen molar-refractivity contribution in [1.29, 1.82) is 0 Å². The number of fused-ring (bicyclic) bond motifs is 1. The molecular formula is C24H24N2O5S. The number of amides is 1. The largest absolute Gasteiger partial charge is 0.486 e. The zero-order valence-electron chi connectivity index (χ0n) is 17.9. The van der Waals surface area contributed by atoms with Crippen LogP contribution < -0.4 is 19.1 Å². The number of carbonyl (C=O) groups excluding carboxylic acids is 1. The summed E-state index contributed by atoms with van der Waals surface area (Å²) in [6.45, 7) is 4.16. The zero-order chi connectivity index (χ0) is 22.7. The molecule has 3 aromatic carbocycles. The molecule has 4 rings (SSSR count). The molecular weight excluding hydrogens is 428 g/mol. The molecule has 0 saturated heterocycles. The topological polar surface area (TPSA) is 84.9 Å². The van der Waals surface area contributed by atoms with Crippen molar-refractivity contribution >= 4 is 27.3 Å². The zero-order valence-corrected chi connectivity index (χ0v) is 18.7. The number of aryl methyl sites for hydroxylation is 2. The van der Waals surface area contributed by atoms with Gasteiger partial charge in [-0.05, 0) is 49.7 Å². The summed E-state index contributed by atoms with van der Waals surface area (Å²) >= 11 is 0. The number of rotatable bonds is 6. The standard InChI is InChI=1S/C24H24N2O5S/c1-17-7-9-19(10-8-17)26(16-24(27)25-21-6-4-3-5-18(21)2)32(28,29)20-11-12-22-23(15-20)31-14-13-30-22/h3-12,15H,13-14,16H2,1-2H3,(H,25,27). The molecule has 3 aromatic rings. The highest BCUT2D eigenvalue weighted by Gasteiger charge is 2.29. The van der Waals surface area contributed by atoms with Crippen LogP contribution in [0.1, 0.15) is 11.1 Å². The van der Waals surface area contributed by atoms with Gasteiger partial charge in [0.1, 0.15) is 19.8 Å². The third kappa shape index (κ3) is 4.55. The van der Waals surface area contributed by atoms with E-state index in [0.29, 0.717) is 36.1 Å². The van der Waals surface area contributed by atoms with Crippen LogP contribution in [0.25, 0.3) is 0 Å². The molecule has 0 unspecified atom stereocenters. The molecule has 0 atom stereocenters. The highest BCUT2D eigenvalue weighted by atomic mass is 32.2. The summed E-state index contributed by atoms with van der Waals surface area (Å²) in [5.74, 6) is 0.418. The smallest absolute Gasteiger partial charge is 0.264 e. The van der Waals surface area contributed by atoms with Crippen LogP contribution >= 0.6 is 0 Å². The Morgan fingerprint density at radius 2 is 1.62 bits per heavy atom. The third-order valence-corrected chi connectivity index (χ3v) is 6.90. The molecule has 166 valence electrons. The van der Waals surface area contributed by atoms with Crippen molar-refractivity contribution in [2.24, 2.45) is 0 Å². The predicted molar refractivity (Wildman–Crippen MR) is 123 cm³/mol. The molecule has 0 bridgehead atoms. The molecule has 1 aliphatic heterocycles. The van der Waals surface area contributed by atoms with E-state index in [-0.39, 0.29) is 11.4 Å². The Bertz CT molecular complexity index is 1240. The molecule has 0 fully saturated rings. The third-order valence-electron chi connectivity index (χ3n) is 5.13. The van der Waals surface area contributed by atoms with Gasteiger partial charge >= 0.3 is 0 Å². The maximum Gasteiger partial charge on any atom is 0.264 e. The normalized spacial score (nSPS) is 12.8. The summed E-state index contributed by atoms with van der Waals surface area (Å²) in [6, 6.07) is 18.8. The number of carbonyl (C=O) groups is 1. The summed E-state index contributed by atoms with van der Waals surface area (Å²) < 4.78 is 39.4. The second-order valence-corrected chi connectivity index (χ2v) is 9.38. The number of hydrogen-bond donors (Lipinski definition) is 1. The second-order valence-electron chi connectivity index (χ2n) is 7.52. The Labute approximate surface area is 187 Å². The van der Waals surface area contributed by atoms with Crippen LogP contribution in [0.4, 0.5) is 11.4 Å². The SMILES string of the molecule is Cc1ccc(N(CC(=O)Nc2ccccc2C)S(=O)(=O)c2ccc3c(c2)OCCO3)cc1. The van der Waals surface area contributed by atoms with Gasteiger partial charge in [-0.2, -0.15) is 0 Å². The summed E-state index contributed by atoms with van der Waals surface area (Å²) in [4.78, 5) is 12.9. The highest BCUT2D eigenvalue weighted by Crippen LogP contribution is 2.34. The molecule has 0 spiro atoms. The van der Waals surface area contributed by atoms with E-state index in [1.807, 2.05) is 32.0 Å². The molecule has 0 saturated carbocycles. The second kappa shape index (κ2) is 8.92. The van der Waals surface area contributed by atoms with Gasteiger partial charge in [0, 0.05) is 11.8 Å². The lowest BCUT2D eigenvalue weighted by atomic mass is 10.2. The summed E-state index contributed by atoms with van der Waals surface area (Å²) in [5, 5.41) is 2.81. The van der Waals surface area contributed by atoms with Gasteiger partial charge in [0.25, 0.3) is 10.0 Å². The quantitative estimate of drug-likeness (QED) is 0.613. The van der Waals surface area contributed by atoms with Crippen LogP contribution in [0.3, 0.4) is 0 Å². The van der Waals surface area contributed by atoms with Crippen LogP contribution in [-0.4, -0.2) is 34.1 Å². The lowest BCUT2D eigenvalue weighted by Gasteiger charge is -2.25. The Morgan fingerprint density at radius 1 is 0.938 bits per heavy atom. The monoisotopic (exact) mass is 452 g/mol. The molecule has 1 heterocycles. The van der Waals surface area contributed by atoms with Gasteiger partial charge in [0.2, 0.25) is 5.91 Å². The maximum atomic E-state index is 13.6. The number of hydrogen-bond acceptors (Lipinski definition) is 5. The average Bonchev–Trinajstić information content (AvgIpc) is 2.79. The summed E-state index contributed by atoms with van der Waals surface area (Å²) in [5.41, 5.74) is 2.90. The number of benzene rings is 3. The minimum absolute atomic E-state index is 0.0195. The molecule has 1 aliphatic rings. The van der Waals surface area contributed by atoms with Gasteiger partial charge in [-0.25, -0.2) is 8.42 Å². The summed E-state index contributed by atoms with van der Waals surface area (Å²) in [6.07, 6.45) is 0. The lowest BCUT2D eigenvalue weighted by molar-refractivity contribution is -0.114. The minimum atomic E-state index is -4.06. The molecule has 7 nitrogen and oxygen atoms in total. The Kier molecular flexibility index (Phi) is 6.05. The van der Waals surface area contributed by atoms with Crippen molar-refractivity contribution < 1.29 is 22.7 Å². The first kappa shape index (κ1) is 21.7. The molecule has 0 radical (unpaired) electrons. The van der Waals surface area contributed by atoms with Gasteiger partial charge in [-0.3, -0.25) is 9.10 Å². The predicted octanol–water partition coefficient (Wildman–Crippen LogP) is 3.91. The highest BCUT2D eigenvalue weighted by molar-refractivity contribution is 7.92. The fourth-order valence-corrected chi connectivity index (χ4v) is 4.81. The number of nitrogens with one attached hydrogen (secondary N) is 1. The van der Waals surface area contributed by atoms with Crippen molar-refractivity contribution in [2.45, 2.75) is 18.7 Å². The van der Waals surface area contributed by atoms with Crippen LogP contribution in [0.2, 0.25) is 0 Å². The van der Waals surface area contributed by atoms with E-state index in [4.69, 9.17) is 9.47 Å². The van der Waals surface area contributed by atoms with Crippen molar-refractivity contribution in [3.05, 3.63) is 77.9 Å². The van der Waals surface area contributed by atoms with Gasteiger partial charge in [0.15, 0.2) is 11.5 Å². The van der Waals surface area contributed by atoms with Gasteiger partial charge in [-0.15, -0.1) is 0 Å². The Hall–Kier alpha value is -3.52. The van der Waals surface area contributed by atoms with E-state index >= 15 is 0 Å². The Balaban J connectivity index is 1.68. The number of anilines is 2. The van der Waals surface area contributed by atoms with Crippen molar-refractivity contribution in [1.82, 2.24) is 0 Å². The first-order valence-corrected chi connectivity index (χ1v) is 11.6. The number of sulfonamides is 1. The van der Waals surface area contributed by atoms with E-state index in [0.717, 1.165) is 15.4 Å². The van der Waals surface area contributed by atoms with Crippen LogP contribution in [0.5, 0.6) is 11.5 Å². The molecule has 32 heavy (non-hydrogen) atoms. The Morgan fingerprint density at radius 3 is 2.34 bits per heavy atom. The van der Waals surface area contributed by atoms with Crippen molar-refractivity contribution in [3.8, 4) is 11.5 Å². The van der Waals surface area contributed by atoms with E-state index in [9.17, 15) is 13.2 Å². The first-order valence-electron chi connectivity index (χ1n) is 10.2.